The van der Waals surface area contributed by atoms with Gasteiger partial charge in [0.15, 0.2) is 0 Å². The molecule has 0 bridgehead atoms. The number of rotatable bonds is 5. The predicted molar refractivity (Wildman–Crippen MR) is 86.7 cm³/mol. The Labute approximate surface area is 124 Å². The van der Waals surface area contributed by atoms with Crippen molar-refractivity contribution in [1.29, 1.82) is 0 Å². The first kappa shape index (κ1) is 17.0. The van der Waals surface area contributed by atoms with Crippen molar-refractivity contribution in [3.05, 3.63) is 29.3 Å². The van der Waals surface area contributed by atoms with Gasteiger partial charge in [-0.2, -0.15) is 0 Å². The van der Waals surface area contributed by atoms with E-state index in [-0.39, 0.29) is 5.41 Å². The van der Waals surface area contributed by atoms with Gasteiger partial charge in [-0.15, -0.1) is 0 Å². The lowest BCUT2D eigenvalue weighted by Crippen LogP contribution is -2.29. The molecule has 0 aliphatic carbocycles. The zero-order valence-electron chi connectivity index (χ0n) is 14.1. The Bertz CT molecular complexity index is 423. The van der Waals surface area contributed by atoms with Gasteiger partial charge in [-0.05, 0) is 44.7 Å². The summed E-state index contributed by atoms with van der Waals surface area (Å²) in [5.41, 5.74) is 2.04. The Morgan fingerprint density at radius 2 is 1.50 bits per heavy atom. The molecule has 0 amide bonds. The Balaban J connectivity index is 3.20. The minimum atomic E-state index is -0.0408. The van der Waals surface area contributed by atoms with Crippen molar-refractivity contribution < 1.29 is 5.11 Å². The monoisotopic (exact) mass is 278 g/mol. The van der Waals surface area contributed by atoms with Crippen LogP contribution in [0.4, 0.5) is 0 Å². The number of aromatic hydroxyl groups is 1. The fourth-order valence-electron chi connectivity index (χ4n) is 2.63. The molecule has 0 atom stereocenters. The summed E-state index contributed by atoms with van der Waals surface area (Å²) in [6, 6.07) is 6.15. The fraction of sp³-hybridized carbons (Fsp3) is 0.647. The number of phenols is 1. The molecule has 0 saturated carbocycles. The molecule has 0 spiro atoms. The van der Waals surface area contributed by atoms with E-state index in [1.807, 2.05) is 6.07 Å². The predicted octanol–water partition coefficient (Wildman–Crippen LogP) is 2.90. The maximum Gasteiger partial charge on any atom is 0.122 e. The average Bonchev–Trinajstić information content (AvgIpc) is 2.25. The van der Waals surface area contributed by atoms with E-state index < -0.39 is 0 Å². The SMILES string of the molecule is CN(C)CC(CN(C)C)c1cccc(C(C)(C)C)c1O. The highest BCUT2D eigenvalue weighted by atomic mass is 16.3. The van der Waals surface area contributed by atoms with E-state index in [0.29, 0.717) is 11.7 Å². The molecule has 0 aliphatic heterocycles. The molecule has 0 fully saturated rings. The number of nitrogens with zero attached hydrogens (tertiary/aromatic N) is 2. The molecule has 1 N–H and O–H groups in total. The van der Waals surface area contributed by atoms with Gasteiger partial charge in [0.05, 0.1) is 0 Å². The minimum Gasteiger partial charge on any atom is -0.507 e. The second kappa shape index (κ2) is 6.59. The van der Waals surface area contributed by atoms with Gasteiger partial charge in [-0.1, -0.05) is 39.0 Å². The standard InChI is InChI=1S/C17H30N2O/c1-17(2,3)15-10-8-9-14(16(15)20)13(11-18(4)5)12-19(6)7/h8-10,13,20H,11-12H2,1-7H3. The highest BCUT2D eigenvalue weighted by Gasteiger charge is 2.24. The van der Waals surface area contributed by atoms with E-state index in [9.17, 15) is 5.11 Å². The maximum absolute atomic E-state index is 10.7. The van der Waals surface area contributed by atoms with E-state index in [1.165, 1.54) is 0 Å². The lowest BCUT2D eigenvalue weighted by molar-refractivity contribution is 0.302. The largest absolute Gasteiger partial charge is 0.507 e. The third-order valence-electron chi connectivity index (χ3n) is 3.49. The first-order chi connectivity index (χ1) is 9.12. The fourth-order valence-corrected chi connectivity index (χ4v) is 2.63. The van der Waals surface area contributed by atoms with Gasteiger partial charge in [-0.3, -0.25) is 0 Å². The Kier molecular flexibility index (Phi) is 5.60. The van der Waals surface area contributed by atoms with Gasteiger partial charge < -0.3 is 14.9 Å². The zero-order chi connectivity index (χ0) is 15.5. The van der Waals surface area contributed by atoms with Crippen molar-refractivity contribution in [2.24, 2.45) is 0 Å². The van der Waals surface area contributed by atoms with Gasteiger partial charge in [-0.25, -0.2) is 0 Å². The Hall–Kier alpha value is -1.06. The summed E-state index contributed by atoms with van der Waals surface area (Å²) in [5.74, 6) is 0.774. The van der Waals surface area contributed by atoms with Crippen LogP contribution in [0.1, 0.15) is 37.8 Å². The summed E-state index contributed by atoms with van der Waals surface area (Å²) in [5, 5.41) is 10.7. The molecule has 20 heavy (non-hydrogen) atoms. The third kappa shape index (κ3) is 4.50. The van der Waals surface area contributed by atoms with Crippen LogP contribution >= 0.6 is 0 Å². The summed E-state index contributed by atoms with van der Waals surface area (Å²) >= 11 is 0. The molecular weight excluding hydrogens is 248 g/mol. The van der Waals surface area contributed by atoms with Crippen molar-refractivity contribution in [3.63, 3.8) is 0 Å². The third-order valence-corrected chi connectivity index (χ3v) is 3.49. The van der Waals surface area contributed by atoms with Crippen LogP contribution in [-0.4, -0.2) is 56.2 Å². The van der Waals surface area contributed by atoms with Crippen molar-refractivity contribution in [2.45, 2.75) is 32.1 Å². The van der Waals surface area contributed by atoms with E-state index in [2.05, 4.69) is 70.9 Å². The zero-order valence-corrected chi connectivity index (χ0v) is 14.1. The molecule has 3 heteroatoms. The van der Waals surface area contributed by atoms with Crippen molar-refractivity contribution in [1.82, 2.24) is 9.80 Å². The van der Waals surface area contributed by atoms with E-state index in [1.54, 1.807) is 0 Å². The van der Waals surface area contributed by atoms with Crippen LogP contribution < -0.4 is 0 Å². The van der Waals surface area contributed by atoms with Crippen molar-refractivity contribution >= 4 is 0 Å². The number of benzene rings is 1. The first-order valence-corrected chi connectivity index (χ1v) is 7.24. The topological polar surface area (TPSA) is 26.7 Å². The second-order valence-corrected chi connectivity index (χ2v) is 7.21. The van der Waals surface area contributed by atoms with Crippen LogP contribution in [0.25, 0.3) is 0 Å². The van der Waals surface area contributed by atoms with Crippen LogP contribution in [0.3, 0.4) is 0 Å². The van der Waals surface area contributed by atoms with Gasteiger partial charge in [0, 0.05) is 19.0 Å². The van der Waals surface area contributed by atoms with Gasteiger partial charge in [0.25, 0.3) is 0 Å². The summed E-state index contributed by atoms with van der Waals surface area (Å²) in [4.78, 5) is 4.36. The maximum atomic E-state index is 10.7. The van der Waals surface area contributed by atoms with Crippen LogP contribution in [0.15, 0.2) is 18.2 Å². The minimum absolute atomic E-state index is 0.0408. The summed E-state index contributed by atoms with van der Waals surface area (Å²) in [7, 11) is 8.31. The quantitative estimate of drug-likeness (QED) is 0.897. The molecule has 114 valence electrons. The first-order valence-electron chi connectivity index (χ1n) is 7.24. The normalized spacial score (nSPS) is 12.7. The van der Waals surface area contributed by atoms with Gasteiger partial charge in [0.2, 0.25) is 0 Å². The molecule has 0 saturated heterocycles. The molecular formula is C17H30N2O. The summed E-state index contributed by atoms with van der Waals surface area (Å²) in [6.45, 7) is 8.27. The summed E-state index contributed by atoms with van der Waals surface area (Å²) in [6.07, 6.45) is 0. The lowest BCUT2D eigenvalue weighted by atomic mass is 9.83. The lowest BCUT2D eigenvalue weighted by Gasteiger charge is -2.28. The van der Waals surface area contributed by atoms with Crippen LogP contribution in [0.5, 0.6) is 5.75 Å². The Morgan fingerprint density at radius 1 is 1.00 bits per heavy atom. The van der Waals surface area contributed by atoms with Crippen LogP contribution in [0, 0.1) is 0 Å². The molecule has 3 nitrogen and oxygen atoms in total. The molecule has 0 heterocycles. The number of phenolic OH excluding ortho intramolecular Hbond substituents is 1. The van der Waals surface area contributed by atoms with E-state index in [4.69, 9.17) is 0 Å². The van der Waals surface area contributed by atoms with Crippen LogP contribution in [0.2, 0.25) is 0 Å². The number of hydrogen-bond acceptors (Lipinski definition) is 3. The van der Waals surface area contributed by atoms with Gasteiger partial charge in [0.1, 0.15) is 5.75 Å². The molecule has 0 unspecified atom stereocenters. The van der Waals surface area contributed by atoms with Crippen molar-refractivity contribution in [2.75, 3.05) is 41.3 Å². The van der Waals surface area contributed by atoms with E-state index >= 15 is 0 Å². The average molecular weight is 278 g/mol. The molecule has 1 rings (SSSR count). The van der Waals surface area contributed by atoms with Gasteiger partial charge >= 0.3 is 0 Å². The van der Waals surface area contributed by atoms with Crippen molar-refractivity contribution in [3.8, 4) is 5.75 Å². The molecule has 0 radical (unpaired) electrons. The molecule has 1 aromatic rings. The second-order valence-electron chi connectivity index (χ2n) is 7.21. The van der Waals surface area contributed by atoms with Crippen LogP contribution in [-0.2, 0) is 5.41 Å². The Morgan fingerprint density at radius 3 is 1.90 bits per heavy atom. The molecule has 0 aromatic heterocycles. The number of hydrogen-bond donors (Lipinski definition) is 1. The summed E-state index contributed by atoms with van der Waals surface area (Å²) < 4.78 is 0. The highest BCUT2D eigenvalue weighted by Crippen LogP contribution is 2.36. The smallest absolute Gasteiger partial charge is 0.122 e. The molecule has 1 aromatic carbocycles. The molecule has 0 aliphatic rings. The number of para-hydroxylation sites is 1. The van der Waals surface area contributed by atoms with E-state index in [0.717, 1.165) is 24.2 Å². The highest BCUT2D eigenvalue weighted by molar-refractivity contribution is 5.46. The number of likely N-dealkylation sites (N-methyl/N-ethyl adjacent to an activating group) is 2.